The van der Waals surface area contributed by atoms with Crippen LogP contribution in [0.4, 0.5) is 4.79 Å². The van der Waals surface area contributed by atoms with Crippen LogP contribution in [0.3, 0.4) is 0 Å². The number of hydrogen-bond acceptors (Lipinski definition) is 3. The number of carbonyl (C=O) groups is 1. The van der Waals surface area contributed by atoms with Crippen LogP contribution in [-0.2, 0) is 6.42 Å². The van der Waals surface area contributed by atoms with Crippen molar-refractivity contribution in [3.63, 3.8) is 0 Å². The van der Waals surface area contributed by atoms with E-state index in [4.69, 9.17) is 14.6 Å². The van der Waals surface area contributed by atoms with E-state index in [1.54, 1.807) is 21.3 Å². The number of aryl methyl sites for hydroxylation is 1. The third-order valence-corrected chi connectivity index (χ3v) is 2.84. The van der Waals surface area contributed by atoms with E-state index >= 15 is 0 Å². The second kappa shape index (κ2) is 6.14. The SMILES string of the molecule is COc1cc(CCN(C)C(=O)O)c(OC)cc1C. The molecule has 0 aliphatic rings. The summed E-state index contributed by atoms with van der Waals surface area (Å²) in [5.74, 6) is 1.54. The molecule has 100 valence electrons. The monoisotopic (exact) mass is 253 g/mol. The van der Waals surface area contributed by atoms with Crippen molar-refractivity contribution < 1.29 is 19.4 Å². The second-order valence-electron chi connectivity index (χ2n) is 4.09. The maximum absolute atomic E-state index is 10.7. The summed E-state index contributed by atoms with van der Waals surface area (Å²) < 4.78 is 10.6. The van der Waals surface area contributed by atoms with Crippen molar-refractivity contribution in [3.05, 3.63) is 23.3 Å². The Labute approximate surface area is 107 Å². The third-order valence-electron chi connectivity index (χ3n) is 2.84. The number of hydrogen-bond donors (Lipinski definition) is 1. The van der Waals surface area contributed by atoms with Gasteiger partial charge in [0, 0.05) is 13.6 Å². The van der Waals surface area contributed by atoms with Crippen molar-refractivity contribution in [2.45, 2.75) is 13.3 Å². The molecule has 0 saturated heterocycles. The highest BCUT2D eigenvalue weighted by Gasteiger charge is 2.11. The molecule has 0 aliphatic heterocycles. The van der Waals surface area contributed by atoms with Gasteiger partial charge in [-0.1, -0.05) is 0 Å². The molecule has 0 radical (unpaired) electrons. The van der Waals surface area contributed by atoms with E-state index in [1.165, 1.54) is 4.90 Å². The van der Waals surface area contributed by atoms with Gasteiger partial charge in [-0.3, -0.25) is 0 Å². The van der Waals surface area contributed by atoms with Crippen LogP contribution < -0.4 is 9.47 Å². The average molecular weight is 253 g/mol. The minimum absolute atomic E-state index is 0.415. The van der Waals surface area contributed by atoms with Crippen molar-refractivity contribution in [2.75, 3.05) is 27.8 Å². The molecular weight excluding hydrogens is 234 g/mol. The molecule has 1 amide bonds. The summed E-state index contributed by atoms with van der Waals surface area (Å²) in [6.45, 7) is 2.35. The Balaban J connectivity index is 2.89. The normalized spacial score (nSPS) is 10.0. The number of benzene rings is 1. The molecule has 1 N–H and O–H groups in total. The fraction of sp³-hybridized carbons (Fsp3) is 0.462. The highest BCUT2D eigenvalue weighted by molar-refractivity contribution is 5.64. The van der Waals surface area contributed by atoms with E-state index in [0.717, 1.165) is 22.6 Å². The number of likely N-dealkylation sites (N-methyl/N-ethyl adjacent to an activating group) is 1. The van der Waals surface area contributed by atoms with Gasteiger partial charge < -0.3 is 19.5 Å². The van der Waals surface area contributed by atoms with Crippen molar-refractivity contribution >= 4 is 6.09 Å². The predicted octanol–water partition coefficient (Wildman–Crippen LogP) is 2.16. The van der Waals surface area contributed by atoms with E-state index < -0.39 is 6.09 Å². The maximum atomic E-state index is 10.7. The Kier molecular flexibility index (Phi) is 4.83. The van der Waals surface area contributed by atoms with Gasteiger partial charge in [-0.25, -0.2) is 4.79 Å². The molecule has 1 rings (SSSR count). The summed E-state index contributed by atoms with van der Waals surface area (Å²) in [5, 5.41) is 8.80. The molecule has 0 bridgehead atoms. The topological polar surface area (TPSA) is 59.0 Å². The Hall–Kier alpha value is -1.91. The van der Waals surface area contributed by atoms with Gasteiger partial charge in [-0.2, -0.15) is 0 Å². The zero-order chi connectivity index (χ0) is 13.7. The first-order valence-corrected chi connectivity index (χ1v) is 5.65. The molecule has 0 atom stereocenters. The van der Waals surface area contributed by atoms with Crippen LogP contribution in [0.1, 0.15) is 11.1 Å². The van der Waals surface area contributed by atoms with Gasteiger partial charge in [0.15, 0.2) is 0 Å². The van der Waals surface area contributed by atoms with Crippen molar-refractivity contribution in [2.24, 2.45) is 0 Å². The van der Waals surface area contributed by atoms with Gasteiger partial charge in [-0.05, 0) is 36.6 Å². The Morgan fingerprint density at radius 2 is 1.89 bits per heavy atom. The van der Waals surface area contributed by atoms with Gasteiger partial charge in [0.1, 0.15) is 11.5 Å². The quantitative estimate of drug-likeness (QED) is 0.873. The lowest BCUT2D eigenvalue weighted by Gasteiger charge is -2.16. The lowest BCUT2D eigenvalue weighted by molar-refractivity contribution is 0.156. The minimum atomic E-state index is -0.937. The highest BCUT2D eigenvalue weighted by Crippen LogP contribution is 2.28. The molecule has 1 aromatic rings. The highest BCUT2D eigenvalue weighted by atomic mass is 16.5. The first-order valence-electron chi connectivity index (χ1n) is 5.65. The van der Waals surface area contributed by atoms with Gasteiger partial charge in [0.25, 0.3) is 0 Å². The summed E-state index contributed by atoms with van der Waals surface area (Å²) >= 11 is 0. The van der Waals surface area contributed by atoms with Crippen LogP contribution in [-0.4, -0.2) is 43.9 Å². The summed E-state index contributed by atoms with van der Waals surface area (Å²) in [6, 6.07) is 3.79. The predicted molar refractivity (Wildman–Crippen MR) is 68.6 cm³/mol. The summed E-state index contributed by atoms with van der Waals surface area (Å²) in [5.41, 5.74) is 1.93. The third kappa shape index (κ3) is 3.29. The summed E-state index contributed by atoms with van der Waals surface area (Å²) in [7, 11) is 4.76. The van der Waals surface area contributed by atoms with Crippen LogP contribution in [0.2, 0.25) is 0 Å². The van der Waals surface area contributed by atoms with Crippen molar-refractivity contribution in [1.82, 2.24) is 4.90 Å². The fourth-order valence-electron chi connectivity index (χ4n) is 1.69. The first-order chi connectivity index (χ1) is 8.49. The maximum Gasteiger partial charge on any atom is 0.407 e. The molecule has 1 aromatic carbocycles. The molecule has 0 aromatic heterocycles. The van der Waals surface area contributed by atoms with Crippen LogP contribution >= 0.6 is 0 Å². The van der Waals surface area contributed by atoms with E-state index in [2.05, 4.69) is 0 Å². The lowest BCUT2D eigenvalue weighted by atomic mass is 10.1. The molecule has 0 fully saturated rings. The van der Waals surface area contributed by atoms with E-state index in [0.29, 0.717) is 13.0 Å². The minimum Gasteiger partial charge on any atom is -0.496 e. The van der Waals surface area contributed by atoms with Crippen LogP contribution in [0, 0.1) is 6.92 Å². The summed E-state index contributed by atoms with van der Waals surface area (Å²) in [6.07, 6.45) is -0.351. The second-order valence-corrected chi connectivity index (χ2v) is 4.09. The largest absolute Gasteiger partial charge is 0.496 e. The molecule has 5 nitrogen and oxygen atoms in total. The number of nitrogens with zero attached hydrogens (tertiary/aromatic N) is 1. The first kappa shape index (κ1) is 14.2. The number of carboxylic acid groups (broad SMARTS) is 1. The Bertz CT molecular complexity index is 431. The van der Waals surface area contributed by atoms with Gasteiger partial charge in [-0.15, -0.1) is 0 Å². The van der Waals surface area contributed by atoms with Crippen molar-refractivity contribution in [3.8, 4) is 11.5 Å². The van der Waals surface area contributed by atoms with E-state index in [-0.39, 0.29) is 0 Å². The van der Waals surface area contributed by atoms with Gasteiger partial charge >= 0.3 is 6.09 Å². The lowest BCUT2D eigenvalue weighted by Crippen LogP contribution is -2.26. The molecule has 5 heteroatoms. The zero-order valence-corrected chi connectivity index (χ0v) is 11.2. The molecule has 0 aliphatic carbocycles. The van der Waals surface area contributed by atoms with Crippen LogP contribution in [0.15, 0.2) is 12.1 Å². The number of ether oxygens (including phenoxy) is 2. The molecule has 0 heterocycles. The average Bonchev–Trinajstić information content (AvgIpc) is 2.36. The molecule has 0 spiro atoms. The Morgan fingerprint density at radius 3 is 2.39 bits per heavy atom. The van der Waals surface area contributed by atoms with Crippen molar-refractivity contribution in [1.29, 1.82) is 0 Å². The number of rotatable bonds is 5. The van der Waals surface area contributed by atoms with E-state index in [9.17, 15) is 4.79 Å². The van der Waals surface area contributed by atoms with Gasteiger partial charge in [0.05, 0.1) is 14.2 Å². The number of methoxy groups -OCH3 is 2. The van der Waals surface area contributed by atoms with E-state index in [1.807, 2.05) is 19.1 Å². The van der Waals surface area contributed by atoms with Gasteiger partial charge in [0.2, 0.25) is 0 Å². The fourth-order valence-corrected chi connectivity index (χ4v) is 1.69. The standard InChI is InChI=1S/C13H19NO4/c1-9-7-12(18-4)10(8-11(9)17-3)5-6-14(2)13(15)16/h7-8H,5-6H2,1-4H3,(H,15,16). The smallest absolute Gasteiger partial charge is 0.407 e. The van der Waals surface area contributed by atoms with Crippen LogP contribution in [0.25, 0.3) is 0 Å². The molecular formula is C13H19NO4. The zero-order valence-electron chi connectivity index (χ0n) is 11.2. The molecule has 0 saturated carbocycles. The molecule has 18 heavy (non-hydrogen) atoms. The Morgan fingerprint density at radius 1 is 1.28 bits per heavy atom. The van der Waals surface area contributed by atoms with Crippen LogP contribution in [0.5, 0.6) is 11.5 Å². The summed E-state index contributed by atoms with van der Waals surface area (Å²) in [4.78, 5) is 12.0. The molecule has 0 unspecified atom stereocenters. The number of amides is 1.